The summed E-state index contributed by atoms with van der Waals surface area (Å²) in [6, 6.07) is 9.68. The number of ether oxygens (including phenoxy) is 1. The average molecular weight is 377 g/mol. The van der Waals surface area contributed by atoms with Crippen LogP contribution in [0.2, 0.25) is 0 Å². The van der Waals surface area contributed by atoms with E-state index in [0.717, 1.165) is 24.2 Å². The van der Waals surface area contributed by atoms with E-state index in [9.17, 15) is 4.79 Å². The highest BCUT2D eigenvalue weighted by Crippen LogP contribution is 2.28. The van der Waals surface area contributed by atoms with E-state index in [1.54, 1.807) is 12.4 Å². The van der Waals surface area contributed by atoms with Gasteiger partial charge in [0.25, 0.3) is 5.91 Å². The summed E-state index contributed by atoms with van der Waals surface area (Å²) in [7, 11) is 0. The van der Waals surface area contributed by atoms with Crippen LogP contribution in [0.4, 0.5) is 0 Å². The Kier molecular flexibility index (Phi) is 5.32. The van der Waals surface area contributed by atoms with E-state index in [1.165, 1.54) is 0 Å². The van der Waals surface area contributed by atoms with Crippen LogP contribution in [-0.4, -0.2) is 50.4 Å². The van der Waals surface area contributed by atoms with Crippen LogP contribution in [0.1, 0.15) is 41.9 Å². The Balaban J connectivity index is 1.52. The zero-order chi connectivity index (χ0) is 19.3. The van der Waals surface area contributed by atoms with Crippen molar-refractivity contribution in [2.24, 2.45) is 0 Å². The van der Waals surface area contributed by atoms with Crippen molar-refractivity contribution in [2.45, 2.75) is 25.7 Å². The van der Waals surface area contributed by atoms with Gasteiger partial charge in [-0.2, -0.15) is 4.98 Å². The van der Waals surface area contributed by atoms with Crippen molar-refractivity contribution in [2.75, 3.05) is 19.7 Å². The van der Waals surface area contributed by atoms with Crippen LogP contribution in [0.3, 0.4) is 0 Å². The lowest BCUT2D eigenvalue weighted by atomic mass is 9.96. The second-order valence-corrected chi connectivity index (χ2v) is 6.75. The maximum absolute atomic E-state index is 13.1. The van der Waals surface area contributed by atoms with E-state index in [0.29, 0.717) is 42.9 Å². The standard InChI is InChI=1S/C21H23N5O2/c1-2-28-20-17(14-24-19(25-20)15-6-4-3-5-7-15)21(27)26-12-8-16(9-13-26)18-22-10-11-23-18/h3-7,10-11,14,16H,2,8-9,12-13H2,1H3,(H,22,23). The Morgan fingerprint density at radius 1 is 1.21 bits per heavy atom. The summed E-state index contributed by atoms with van der Waals surface area (Å²) in [6.07, 6.45) is 6.96. The molecular formula is C21H23N5O2. The summed E-state index contributed by atoms with van der Waals surface area (Å²) < 4.78 is 5.68. The van der Waals surface area contributed by atoms with E-state index >= 15 is 0 Å². The minimum atomic E-state index is -0.0824. The Bertz CT molecular complexity index is 919. The first-order chi connectivity index (χ1) is 13.8. The molecule has 1 saturated heterocycles. The van der Waals surface area contributed by atoms with Gasteiger partial charge in [-0.15, -0.1) is 0 Å². The number of carbonyl (C=O) groups excluding carboxylic acids is 1. The number of nitrogens with zero attached hydrogens (tertiary/aromatic N) is 4. The molecule has 28 heavy (non-hydrogen) atoms. The third kappa shape index (κ3) is 3.74. The van der Waals surface area contributed by atoms with Crippen LogP contribution in [0.25, 0.3) is 11.4 Å². The third-order valence-electron chi connectivity index (χ3n) is 4.99. The van der Waals surface area contributed by atoms with Crippen molar-refractivity contribution in [3.63, 3.8) is 0 Å². The maximum atomic E-state index is 13.1. The van der Waals surface area contributed by atoms with Gasteiger partial charge >= 0.3 is 0 Å². The van der Waals surface area contributed by atoms with Gasteiger partial charge in [-0.05, 0) is 19.8 Å². The van der Waals surface area contributed by atoms with Crippen molar-refractivity contribution in [1.82, 2.24) is 24.8 Å². The highest BCUT2D eigenvalue weighted by atomic mass is 16.5. The third-order valence-corrected chi connectivity index (χ3v) is 4.99. The first-order valence-electron chi connectivity index (χ1n) is 9.60. The number of carbonyl (C=O) groups is 1. The van der Waals surface area contributed by atoms with E-state index in [4.69, 9.17) is 4.74 Å². The molecule has 0 bridgehead atoms. The normalized spacial score (nSPS) is 14.8. The Labute approximate surface area is 163 Å². The van der Waals surface area contributed by atoms with Crippen molar-refractivity contribution < 1.29 is 9.53 Å². The minimum absolute atomic E-state index is 0.0824. The van der Waals surface area contributed by atoms with Crippen molar-refractivity contribution in [3.8, 4) is 17.3 Å². The van der Waals surface area contributed by atoms with Gasteiger partial charge in [0.1, 0.15) is 11.4 Å². The summed E-state index contributed by atoms with van der Waals surface area (Å²) in [5, 5.41) is 0. The molecule has 1 aliphatic heterocycles. The summed E-state index contributed by atoms with van der Waals surface area (Å²) >= 11 is 0. The number of rotatable bonds is 5. The van der Waals surface area contributed by atoms with Crippen LogP contribution in [-0.2, 0) is 0 Å². The first kappa shape index (κ1) is 18.2. The Hall–Kier alpha value is -3.22. The number of piperidine rings is 1. The van der Waals surface area contributed by atoms with Gasteiger partial charge in [-0.3, -0.25) is 4.79 Å². The number of H-pyrrole nitrogens is 1. The fourth-order valence-electron chi connectivity index (χ4n) is 3.51. The molecule has 0 aliphatic carbocycles. The maximum Gasteiger partial charge on any atom is 0.260 e. The molecular weight excluding hydrogens is 354 g/mol. The fourth-order valence-corrected chi connectivity index (χ4v) is 3.51. The number of imidazole rings is 1. The average Bonchev–Trinajstić information content (AvgIpc) is 3.29. The molecule has 0 unspecified atom stereocenters. The molecule has 1 N–H and O–H groups in total. The second-order valence-electron chi connectivity index (χ2n) is 6.75. The topological polar surface area (TPSA) is 84.0 Å². The molecule has 1 fully saturated rings. The molecule has 0 radical (unpaired) electrons. The lowest BCUT2D eigenvalue weighted by molar-refractivity contribution is 0.0705. The number of aromatic amines is 1. The van der Waals surface area contributed by atoms with E-state index in [1.807, 2.05) is 48.4 Å². The molecule has 1 aliphatic rings. The second kappa shape index (κ2) is 8.21. The molecule has 0 spiro atoms. The first-order valence-corrected chi connectivity index (χ1v) is 9.60. The highest BCUT2D eigenvalue weighted by Gasteiger charge is 2.28. The van der Waals surface area contributed by atoms with Crippen LogP contribution in [0.5, 0.6) is 5.88 Å². The van der Waals surface area contributed by atoms with Gasteiger partial charge in [0, 0.05) is 43.2 Å². The number of hydrogen-bond donors (Lipinski definition) is 1. The van der Waals surface area contributed by atoms with Gasteiger partial charge in [0.05, 0.1) is 6.61 Å². The highest BCUT2D eigenvalue weighted by molar-refractivity contribution is 5.96. The van der Waals surface area contributed by atoms with Gasteiger partial charge in [-0.25, -0.2) is 9.97 Å². The predicted octanol–water partition coefficient (Wildman–Crippen LogP) is 3.29. The molecule has 3 aromatic rings. The van der Waals surface area contributed by atoms with Crippen molar-refractivity contribution in [1.29, 1.82) is 0 Å². The Morgan fingerprint density at radius 2 is 2.00 bits per heavy atom. The van der Waals surface area contributed by atoms with Gasteiger partial charge < -0.3 is 14.6 Å². The zero-order valence-corrected chi connectivity index (χ0v) is 15.8. The molecule has 2 aromatic heterocycles. The number of nitrogens with one attached hydrogen (secondary N) is 1. The Morgan fingerprint density at radius 3 is 2.68 bits per heavy atom. The smallest absolute Gasteiger partial charge is 0.260 e. The number of aromatic nitrogens is 4. The van der Waals surface area contributed by atoms with E-state index < -0.39 is 0 Å². The summed E-state index contributed by atoms with van der Waals surface area (Å²) in [5.41, 5.74) is 1.31. The minimum Gasteiger partial charge on any atom is -0.477 e. The SMILES string of the molecule is CCOc1nc(-c2ccccc2)ncc1C(=O)N1CCC(c2ncc[nH]2)CC1. The van der Waals surface area contributed by atoms with Gasteiger partial charge in [0.2, 0.25) is 5.88 Å². The molecule has 7 nitrogen and oxygen atoms in total. The number of hydrogen-bond acceptors (Lipinski definition) is 5. The molecule has 144 valence electrons. The summed E-state index contributed by atoms with van der Waals surface area (Å²) in [5.74, 6) is 2.17. The van der Waals surface area contributed by atoms with Crippen LogP contribution >= 0.6 is 0 Å². The molecule has 1 aromatic carbocycles. The summed E-state index contributed by atoms with van der Waals surface area (Å²) in [6.45, 7) is 3.67. The van der Waals surface area contributed by atoms with E-state index in [2.05, 4.69) is 19.9 Å². The fraction of sp³-hybridized carbons (Fsp3) is 0.333. The van der Waals surface area contributed by atoms with Gasteiger partial charge in [0.15, 0.2) is 5.82 Å². The number of likely N-dealkylation sites (tertiary alicyclic amines) is 1. The molecule has 0 saturated carbocycles. The number of benzene rings is 1. The molecule has 1 amide bonds. The largest absolute Gasteiger partial charge is 0.477 e. The molecule has 0 atom stereocenters. The van der Waals surface area contributed by atoms with Crippen LogP contribution in [0, 0.1) is 0 Å². The lowest BCUT2D eigenvalue weighted by Crippen LogP contribution is -2.38. The molecule has 4 rings (SSSR count). The van der Waals surface area contributed by atoms with Crippen LogP contribution < -0.4 is 4.74 Å². The quantitative estimate of drug-likeness (QED) is 0.738. The summed E-state index contributed by atoms with van der Waals surface area (Å²) in [4.78, 5) is 31.4. The van der Waals surface area contributed by atoms with Crippen molar-refractivity contribution in [3.05, 3.63) is 60.3 Å². The van der Waals surface area contributed by atoms with E-state index in [-0.39, 0.29) is 5.91 Å². The molecule has 7 heteroatoms. The van der Waals surface area contributed by atoms with Crippen LogP contribution in [0.15, 0.2) is 48.9 Å². The molecule has 3 heterocycles. The monoisotopic (exact) mass is 377 g/mol. The van der Waals surface area contributed by atoms with Gasteiger partial charge in [-0.1, -0.05) is 30.3 Å². The lowest BCUT2D eigenvalue weighted by Gasteiger charge is -2.31. The zero-order valence-electron chi connectivity index (χ0n) is 15.8. The number of amides is 1. The predicted molar refractivity (Wildman–Crippen MR) is 105 cm³/mol. The van der Waals surface area contributed by atoms with Crippen molar-refractivity contribution >= 4 is 5.91 Å².